The molecule has 1 aromatic carbocycles. The number of hydrogen-bond donors (Lipinski definition) is 1. The Morgan fingerprint density at radius 1 is 1.29 bits per heavy atom. The first-order valence-corrected chi connectivity index (χ1v) is 9.10. The first-order valence-electron chi connectivity index (χ1n) is 7.42. The largest absolute Gasteiger partial charge is 0.488 e. The zero-order valence-electron chi connectivity index (χ0n) is 12.6. The fourth-order valence-electron chi connectivity index (χ4n) is 2.69. The first-order chi connectivity index (χ1) is 11.7. The lowest BCUT2D eigenvalue weighted by Crippen LogP contribution is -2.22. The number of carbonyl (C=O) groups excluding carboxylic acids is 1. The highest BCUT2D eigenvalue weighted by atomic mass is 79.9. The summed E-state index contributed by atoms with van der Waals surface area (Å²) < 4.78 is 6.83. The van der Waals surface area contributed by atoms with Crippen molar-refractivity contribution in [3.05, 3.63) is 68.6 Å². The van der Waals surface area contributed by atoms with Crippen molar-refractivity contribution in [3.63, 3.8) is 0 Å². The lowest BCUT2D eigenvalue weighted by Gasteiger charge is -2.20. The Bertz CT molecular complexity index is 923. The van der Waals surface area contributed by atoms with Crippen LogP contribution < -0.4 is 10.1 Å². The predicted octanol–water partition coefficient (Wildman–Crippen LogP) is 4.40. The Morgan fingerprint density at radius 3 is 3.04 bits per heavy atom. The van der Waals surface area contributed by atoms with Crippen LogP contribution in [0.3, 0.4) is 0 Å². The number of carbonyl (C=O) groups is 1. The van der Waals surface area contributed by atoms with Crippen molar-refractivity contribution in [2.45, 2.75) is 13.2 Å². The monoisotopic (exact) mass is 400 g/mol. The van der Waals surface area contributed by atoms with Crippen molar-refractivity contribution >= 4 is 33.2 Å². The third-order valence-electron chi connectivity index (χ3n) is 3.95. The van der Waals surface area contributed by atoms with E-state index in [0.29, 0.717) is 18.7 Å². The molecule has 0 spiro atoms. The highest BCUT2D eigenvalue weighted by Crippen LogP contribution is 2.37. The van der Waals surface area contributed by atoms with Gasteiger partial charge in [-0.3, -0.25) is 9.78 Å². The van der Waals surface area contributed by atoms with E-state index < -0.39 is 0 Å². The van der Waals surface area contributed by atoms with Gasteiger partial charge in [-0.25, -0.2) is 0 Å². The first kappa shape index (κ1) is 15.4. The predicted molar refractivity (Wildman–Crippen MR) is 97.2 cm³/mol. The van der Waals surface area contributed by atoms with E-state index in [1.165, 1.54) is 0 Å². The molecule has 4 nitrogen and oxygen atoms in total. The summed E-state index contributed by atoms with van der Waals surface area (Å²) in [7, 11) is 0. The van der Waals surface area contributed by atoms with Crippen molar-refractivity contribution in [2.75, 3.05) is 0 Å². The molecule has 3 aromatic rings. The standard InChI is InChI=1S/C18H13BrN2O2S/c19-17-12(4-6-24-17)9-21-18(22)11-1-2-15-14-3-5-20-8-13(14)10-23-16(15)7-11/h1-8H,9-10H2,(H,21,22). The van der Waals surface area contributed by atoms with Gasteiger partial charge in [-0.2, -0.15) is 0 Å². The molecule has 1 aliphatic rings. The number of fused-ring (bicyclic) bond motifs is 3. The minimum Gasteiger partial charge on any atom is -0.488 e. The average molecular weight is 401 g/mol. The maximum absolute atomic E-state index is 12.4. The van der Waals surface area contributed by atoms with E-state index in [9.17, 15) is 4.79 Å². The Kier molecular flexibility index (Phi) is 4.08. The van der Waals surface area contributed by atoms with E-state index in [4.69, 9.17) is 4.74 Å². The Balaban J connectivity index is 1.56. The van der Waals surface area contributed by atoms with Crippen LogP contribution in [0.4, 0.5) is 0 Å². The van der Waals surface area contributed by atoms with Crippen LogP contribution in [0.1, 0.15) is 21.5 Å². The third-order valence-corrected chi connectivity index (χ3v) is 5.76. The summed E-state index contributed by atoms with van der Waals surface area (Å²) in [5.41, 5.74) is 4.84. The number of thiophene rings is 1. The summed E-state index contributed by atoms with van der Waals surface area (Å²) in [5, 5.41) is 4.93. The van der Waals surface area contributed by atoms with Gasteiger partial charge in [0.15, 0.2) is 0 Å². The second-order valence-corrected chi connectivity index (χ2v) is 7.67. The molecule has 2 aromatic heterocycles. The summed E-state index contributed by atoms with van der Waals surface area (Å²) in [4.78, 5) is 16.5. The van der Waals surface area contributed by atoms with Gasteiger partial charge < -0.3 is 10.1 Å². The number of pyridine rings is 1. The quantitative estimate of drug-likeness (QED) is 0.708. The molecular formula is C18H13BrN2O2S. The van der Waals surface area contributed by atoms with Gasteiger partial charge >= 0.3 is 0 Å². The van der Waals surface area contributed by atoms with Crippen LogP contribution in [0.25, 0.3) is 11.1 Å². The highest BCUT2D eigenvalue weighted by Gasteiger charge is 2.19. The minimum absolute atomic E-state index is 0.111. The smallest absolute Gasteiger partial charge is 0.251 e. The molecule has 0 saturated heterocycles. The zero-order chi connectivity index (χ0) is 16.5. The molecule has 24 heavy (non-hydrogen) atoms. The van der Waals surface area contributed by atoms with Gasteiger partial charge in [-0.15, -0.1) is 11.3 Å². The van der Waals surface area contributed by atoms with Gasteiger partial charge in [0.2, 0.25) is 0 Å². The second kappa shape index (κ2) is 6.37. The van der Waals surface area contributed by atoms with Crippen molar-refractivity contribution in [3.8, 4) is 16.9 Å². The van der Waals surface area contributed by atoms with Crippen LogP contribution in [0.5, 0.6) is 5.75 Å². The van der Waals surface area contributed by atoms with E-state index in [-0.39, 0.29) is 5.91 Å². The van der Waals surface area contributed by atoms with Crippen LogP contribution in [0, 0.1) is 0 Å². The molecule has 0 unspecified atom stereocenters. The second-order valence-electron chi connectivity index (χ2n) is 5.43. The van der Waals surface area contributed by atoms with E-state index in [0.717, 1.165) is 31.8 Å². The number of aromatic nitrogens is 1. The lowest BCUT2D eigenvalue weighted by molar-refractivity contribution is 0.0950. The Morgan fingerprint density at radius 2 is 2.21 bits per heavy atom. The molecule has 1 aliphatic heterocycles. The van der Waals surface area contributed by atoms with E-state index in [1.807, 2.05) is 35.8 Å². The maximum atomic E-state index is 12.4. The van der Waals surface area contributed by atoms with Gasteiger partial charge in [0.1, 0.15) is 12.4 Å². The van der Waals surface area contributed by atoms with E-state index in [2.05, 4.69) is 26.2 Å². The summed E-state index contributed by atoms with van der Waals surface area (Å²) in [6, 6.07) is 9.54. The molecule has 120 valence electrons. The molecule has 0 radical (unpaired) electrons. The molecule has 0 atom stereocenters. The topological polar surface area (TPSA) is 51.2 Å². The molecule has 1 amide bonds. The summed E-state index contributed by atoms with van der Waals surface area (Å²) >= 11 is 5.08. The van der Waals surface area contributed by atoms with Crippen molar-refractivity contribution in [2.24, 2.45) is 0 Å². The average Bonchev–Trinajstić information content (AvgIpc) is 3.04. The molecule has 0 aliphatic carbocycles. The number of nitrogens with one attached hydrogen (secondary N) is 1. The van der Waals surface area contributed by atoms with Crippen molar-refractivity contribution in [1.29, 1.82) is 0 Å². The normalized spacial score (nSPS) is 12.0. The summed E-state index contributed by atoms with van der Waals surface area (Å²) in [5.74, 6) is 0.623. The Labute approximate surface area is 151 Å². The molecular weight excluding hydrogens is 388 g/mol. The maximum Gasteiger partial charge on any atom is 0.251 e. The fraction of sp³-hybridized carbons (Fsp3) is 0.111. The van der Waals surface area contributed by atoms with Crippen LogP contribution in [-0.4, -0.2) is 10.9 Å². The van der Waals surface area contributed by atoms with Gasteiger partial charge in [0, 0.05) is 35.6 Å². The van der Waals surface area contributed by atoms with Crippen molar-refractivity contribution in [1.82, 2.24) is 10.3 Å². The SMILES string of the molecule is O=C(NCc1ccsc1Br)c1ccc2c(c1)OCc1cnccc1-2. The number of ether oxygens (including phenoxy) is 1. The Hall–Kier alpha value is -2.18. The molecule has 6 heteroatoms. The van der Waals surface area contributed by atoms with Gasteiger partial charge in [0.05, 0.1) is 3.79 Å². The summed E-state index contributed by atoms with van der Waals surface area (Å²) in [6.45, 7) is 0.971. The van der Waals surface area contributed by atoms with Gasteiger partial charge in [-0.05, 0) is 62.8 Å². The molecule has 0 saturated carbocycles. The lowest BCUT2D eigenvalue weighted by atomic mass is 9.97. The van der Waals surface area contributed by atoms with E-state index in [1.54, 1.807) is 23.6 Å². The fourth-order valence-corrected chi connectivity index (χ4v) is 3.93. The van der Waals surface area contributed by atoms with Crippen LogP contribution in [0.2, 0.25) is 0 Å². The minimum atomic E-state index is -0.111. The number of amides is 1. The number of hydrogen-bond acceptors (Lipinski definition) is 4. The number of halogens is 1. The van der Waals surface area contributed by atoms with Crippen LogP contribution in [-0.2, 0) is 13.2 Å². The van der Waals surface area contributed by atoms with Crippen molar-refractivity contribution < 1.29 is 9.53 Å². The number of benzene rings is 1. The number of nitrogens with zero attached hydrogens (tertiary/aromatic N) is 1. The molecule has 0 bridgehead atoms. The number of rotatable bonds is 3. The van der Waals surface area contributed by atoms with Gasteiger partial charge in [-0.1, -0.05) is 0 Å². The molecule has 4 rings (SSSR count). The highest BCUT2D eigenvalue weighted by molar-refractivity contribution is 9.11. The summed E-state index contributed by atoms with van der Waals surface area (Å²) in [6.07, 6.45) is 3.59. The zero-order valence-corrected chi connectivity index (χ0v) is 15.0. The molecule has 0 fully saturated rings. The van der Waals surface area contributed by atoms with Gasteiger partial charge in [0.25, 0.3) is 5.91 Å². The molecule has 1 N–H and O–H groups in total. The van der Waals surface area contributed by atoms with Crippen LogP contribution >= 0.6 is 27.3 Å². The third kappa shape index (κ3) is 2.83. The molecule has 3 heterocycles. The van der Waals surface area contributed by atoms with E-state index >= 15 is 0 Å². The van der Waals surface area contributed by atoms with Crippen LogP contribution in [0.15, 0.2) is 51.9 Å².